The van der Waals surface area contributed by atoms with Crippen LogP contribution in [0.2, 0.25) is 0 Å². The van der Waals surface area contributed by atoms with Gasteiger partial charge in [-0.1, -0.05) is 18.2 Å². The molecule has 0 radical (unpaired) electrons. The number of hydrogen-bond acceptors (Lipinski definition) is 2. The molecule has 2 heterocycles. The highest BCUT2D eigenvalue weighted by atomic mass is 16.2. The molecular formula is C19H26N2O2. The van der Waals surface area contributed by atoms with Crippen molar-refractivity contribution in [3.63, 3.8) is 0 Å². The summed E-state index contributed by atoms with van der Waals surface area (Å²) in [5, 5.41) is 0. The maximum absolute atomic E-state index is 13.2. The van der Waals surface area contributed by atoms with Crippen molar-refractivity contribution in [2.24, 2.45) is 5.41 Å². The number of para-hydroxylation sites is 1. The Morgan fingerprint density at radius 1 is 1.04 bits per heavy atom. The second-order valence-corrected chi connectivity index (χ2v) is 7.33. The molecule has 1 atom stereocenters. The predicted molar refractivity (Wildman–Crippen MR) is 91.3 cm³/mol. The number of anilines is 1. The molecule has 4 nitrogen and oxygen atoms in total. The van der Waals surface area contributed by atoms with Crippen LogP contribution in [0.15, 0.2) is 24.3 Å². The Hall–Kier alpha value is -1.84. The van der Waals surface area contributed by atoms with Gasteiger partial charge < -0.3 is 9.80 Å². The molecule has 1 saturated heterocycles. The molecule has 0 spiro atoms. The molecular weight excluding hydrogens is 288 g/mol. The van der Waals surface area contributed by atoms with Crippen LogP contribution in [0.5, 0.6) is 0 Å². The third-order valence-corrected chi connectivity index (χ3v) is 5.14. The van der Waals surface area contributed by atoms with Gasteiger partial charge in [0.25, 0.3) is 0 Å². The van der Waals surface area contributed by atoms with E-state index in [2.05, 4.69) is 13.0 Å². The number of amides is 2. The maximum atomic E-state index is 13.2. The van der Waals surface area contributed by atoms with Gasteiger partial charge in [0, 0.05) is 24.8 Å². The van der Waals surface area contributed by atoms with Crippen LogP contribution in [0.3, 0.4) is 0 Å². The number of piperidine rings is 1. The van der Waals surface area contributed by atoms with E-state index in [0.717, 1.165) is 38.0 Å². The van der Waals surface area contributed by atoms with Crippen LogP contribution in [-0.2, 0) is 16.0 Å². The Balaban J connectivity index is 1.85. The summed E-state index contributed by atoms with van der Waals surface area (Å²) in [5.41, 5.74) is 1.14. The molecule has 3 rings (SSSR count). The summed E-state index contributed by atoms with van der Waals surface area (Å²) in [7, 11) is 0. The van der Waals surface area contributed by atoms with Gasteiger partial charge in [0.05, 0.1) is 0 Å². The summed E-state index contributed by atoms with van der Waals surface area (Å²) in [6.07, 6.45) is 4.11. The average molecular weight is 314 g/mol. The molecule has 1 fully saturated rings. The summed E-state index contributed by atoms with van der Waals surface area (Å²) in [6, 6.07) is 8.12. The number of hydrogen-bond donors (Lipinski definition) is 0. The van der Waals surface area contributed by atoms with Gasteiger partial charge in [-0.2, -0.15) is 0 Å². The van der Waals surface area contributed by atoms with E-state index in [4.69, 9.17) is 0 Å². The average Bonchev–Trinajstić information content (AvgIpc) is 2.89. The Morgan fingerprint density at radius 3 is 2.39 bits per heavy atom. The van der Waals surface area contributed by atoms with Crippen molar-refractivity contribution < 1.29 is 9.59 Å². The van der Waals surface area contributed by atoms with E-state index in [1.54, 1.807) is 13.8 Å². The van der Waals surface area contributed by atoms with E-state index in [1.807, 2.05) is 28.0 Å². The van der Waals surface area contributed by atoms with Crippen molar-refractivity contribution in [3.05, 3.63) is 29.8 Å². The normalized spacial score (nSPS) is 21.3. The van der Waals surface area contributed by atoms with Crippen LogP contribution in [0, 0.1) is 5.41 Å². The van der Waals surface area contributed by atoms with Gasteiger partial charge in [0.1, 0.15) is 5.41 Å². The molecule has 0 aliphatic carbocycles. The van der Waals surface area contributed by atoms with Crippen molar-refractivity contribution in [1.29, 1.82) is 0 Å². The van der Waals surface area contributed by atoms with Crippen LogP contribution < -0.4 is 4.90 Å². The predicted octanol–water partition coefficient (Wildman–Crippen LogP) is 3.00. The van der Waals surface area contributed by atoms with Gasteiger partial charge in [0.15, 0.2) is 0 Å². The van der Waals surface area contributed by atoms with Crippen LogP contribution in [0.4, 0.5) is 5.69 Å². The van der Waals surface area contributed by atoms with Crippen molar-refractivity contribution >= 4 is 17.5 Å². The maximum Gasteiger partial charge on any atom is 0.242 e. The summed E-state index contributed by atoms with van der Waals surface area (Å²) in [4.78, 5) is 29.8. The first-order valence-corrected chi connectivity index (χ1v) is 8.64. The Kier molecular flexibility index (Phi) is 4.17. The van der Waals surface area contributed by atoms with E-state index in [1.165, 1.54) is 12.0 Å². The zero-order chi connectivity index (χ0) is 16.6. The minimum atomic E-state index is -1.01. The Morgan fingerprint density at radius 2 is 1.70 bits per heavy atom. The zero-order valence-electron chi connectivity index (χ0n) is 14.3. The van der Waals surface area contributed by atoms with Gasteiger partial charge in [-0.3, -0.25) is 9.59 Å². The summed E-state index contributed by atoms with van der Waals surface area (Å²) >= 11 is 0. The third-order valence-electron chi connectivity index (χ3n) is 5.14. The smallest absolute Gasteiger partial charge is 0.242 e. The highest BCUT2D eigenvalue weighted by Gasteiger charge is 2.45. The fraction of sp³-hybridized carbons (Fsp3) is 0.579. The minimum absolute atomic E-state index is 0.0289. The summed E-state index contributed by atoms with van der Waals surface area (Å²) in [5.74, 6) is -0.107. The van der Waals surface area contributed by atoms with Gasteiger partial charge in [-0.25, -0.2) is 0 Å². The van der Waals surface area contributed by atoms with Gasteiger partial charge in [-0.15, -0.1) is 0 Å². The van der Waals surface area contributed by atoms with Crippen LogP contribution in [0.1, 0.15) is 45.6 Å². The zero-order valence-corrected chi connectivity index (χ0v) is 14.3. The van der Waals surface area contributed by atoms with E-state index in [9.17, 15) is 9.59 Å². The number of likely N-dealkylation sites (tertiary alicyclic amines) is 1. The van der Waals surface area contributed by atoms with Crippen molar-refractivity contribution in [2.75, 3.05) is 18.0 Å². The standard InChI is InChI=1S/C19H26N2O2/c1-14-13-15-9-5-6-10-16(15)21(14)18(23)19(2,3)17(22)20-11-7-4-8-12-20/h5-6,9-10,14H,4,7-8,11-13H2,1-3H3. The second kappa shape index (κ2) is 5.99. The largest absolute Gasteiger partial charge is 0.342 e. The number of carbonyl (C=O) groups is 2. The fourth-order valence-electron chi connectivity index (χ4n) is 3.76. The quantitative estimate of drug-likeness (QED) is 0.787. The molecule has 124 valence electrons. The van der Waals surface area contributed by atoms with Crippen LogP contribution in [-0.4, -0.2) is 35.8 Å². The van der Waals surface area contributed by atoms with Gasteiger partial charge >= 0.3 is 0 Å². The SMILES string of the molecule is CC1Cc2ccccc2N1C(=O)C(C)(C)C(=O)N1CCCCC1. The molecule has 0 N–H and O–H groups in total. The number of nitrogens with zero attached hydrogens (tertiary/aromatic N) is 2. The molecule has 2 aliphatic rings. The Bertz CT molecular complexity index is 618. The van der Waals surface area contributed by atoms with Crippen molar-refractivity contribution in [1.82, 2.24) is 4.90 Å². The Labute approximate surface area is 138 Å². The lowest BCUT2D eigenvalue weighted by molar-refractivity contribution is -0.148. The number of rotatable bonds is 2. The molecule has 4 heteroatoms. The molecule has 2 amide bonds. The van der Waals surface area contributed by atoms with Gasteiger partial charge in [0.2, 0.25) is 11.8 Å². The highest BCUT2D eigenvalue weighted by Crippen LogP contribution is 2.36. The highest BCUT2D eigenvalue weighted by molar-refractivity contribution is 6.12. The molecule has 0 aromatic heterocycles. The van der Waals surface area contributed by atoms with E-state index in [-0.39, 0.29) is 17.9 Å². The molecule has 23 heavy (non-hydrogen) atoms. The number of fused-ring (bicyclic) bond motifs is 1. The summed E-state index contributed by atoms with van der Waals surface area (Å²) in [6.45, 7) is 7.17. The van der Waals surface area contributed by atoms with E-state index < -0.39 is 5.41 Å². The monoisotopic (exact) mass is 314 g/mol. The molecule has 1 unspecified atom stereocenters. The first-order valence-electron chi connectivity index (χ1n) is 8.64. The van der Waals surface area contributed by atoms with Crippen molar-refractivity contribution in [3.8, 4) is 0 Å². The third kappa shape index (κ3) is 2.75. The number of benzene rings is 1. The van der Waals surface area contributed by atoms with Crippen LogP contribution in [0.25, 0.3) is 0 Å². The lowest BCUT2D eigenvalue weighted by Crippen LogP contribution is -2.53. The van der Waals surface area contributed by atoms with E-state index in [0.29, 0.717) is 0 Å². The molecule has 1 aromatic carbocycles. The first kappa shape index (κ1) is 16.0. The topological polar surface area (TPSA) is 40.6 Å². The second-order valence-electron chi connectivity index (χ2n) is 7.33. The first-order chi connectivity index (χ1) is 10.9. The molecule has 1 aromatic rings. The number of carbonyl (C=O) groups excluding carboxylic acids is 2. The van der Waals surface area contributed by atoms with E-state index >= 15 is 0 Å². The molecule has 0 saturated carbocycles. The molecule has 0 bridgehead atoms. The lowest BCUT2D eigenvalue weighted by atomic mass is 9.88. The van der Waals surface area contributed by atoms with Crippen LogP contribution >= 0.6 is 0 Å². The lowest BCUT2D eigenvalue weighted by Gasteiger charge is -2.36. The molecule has 2 aliphatic heterocycles. The summed E-state index contributed by atoms with van der Waals surface area (Å²) < 4.78 is 0. The minimum Gasteiger partial charge on any atom is -0.342 e. The van der Waals surface area contributed by atoms with Crippen molar-refractivity contribution in [2.45, 2.75) is 52.5 Å². The van der Waals surface area contributed by atoms with Gasteiger partial charge in [-0.05, 0) is 58.1 Å². The fourth-order valence-corrected chi connectivity index (χ4v) is 3.76.